The number of aromatic nitrogens is 1. The number of nitrogens with one attached hydrogen (secondary N) is 1. The predicted octanol–water partition coefficient (Wildman–Crippen LogP) is 4.61. The molecule has 2 aromatic carbocycles. The first kappa shape index (κ1) is 21.6. The molecule has 4 aromatic rings. The third-order valence-corrected chi connectivity index (χ3v) is 9.22. The van der Waals surface area contributed by atoms with E-state index in [1.165, 1.54) is 6.07 Å². The van der Waals surface area contributed by atoms with Crippen molar-refractivity contribution in [1.82, 2.24) is 4.98 Å². The van der Waals surface area contributed by atoms with Crippen LogP contribution in [0.1, 0.15) is 12.0 Å². The Bertz CT molecular complexity index is 1520. The van der Waals surface area contributed by atoms with Crippen LogP contribution < -0.4 is 9.62 Å². The van der Waals surface area contributed by atoms with Gasteiger partial charge in [-0.25, -0.2) is 12.8 Å². The second-order valence-corrected chi connectivity index (χ2v) is 11.0. The Kier molecular flexibility index (Phi) is 5.21. The Morgan fingerprint density at radius 3 is 2.79 bits per heavy atom. The fourth-order valence-corrected chi connectivity index (χ4v) is 7.21. The third-order valence-electron chi connectivity index (χ3n) is 5.97. The SMILES string of the molecule is Cc1c(S(=O)(=O)Nc2ccc(N3CC[C@@H](C(=O)O)C3)c3ncccc23)sc2cccc(F)c12. The second-order valence-electron chi connectivity index (χ2n) is 8.03. The van der Waals surface area contributed by atoms with E-state index in [9.17, 15) is 22.7 Å². The normalized spacial score (nSPS) is 16.5. The largest absolute Gasteiger partial charge is 0.481 e. The number of pyridine rings is 1. The maximum absolute atomic E-state index is 14.3. The summed E-state index contributed by atoms with van der Waals surface area (Å²) in [7, 11) is -3.98. The molecule has 0 spiro atoms. The Labute approximate surface area is 193 Å². The quantitative estimate of drug-likeness (QED) is 0.428. The Morgan fingerprint density at radius 1 is 1.24 bits per heavy atom. The average molecular weight is 486 g/mol. The van der Waals surface area contributed by atoms with E-state index >= 15 is 0 Å². The molecule has 0 amide bonds. The van der Waals surface area contributed by atoms with E-state index in [0.29, 0.717) is 51.8 Å². The molecule has 0 aliphatic carbocycles. The van der Waals surface area contributed by atoms with E-state index in [-0.39, 0.29) is 4.21 Å². The van der Waals surface area contributed by atoms with Gasteiger partial charge in [-0.3, -0.25) is 14.5 Å². The number of anilines is 2. The van der Waals surface area contributed by atoms with Crippen molar-refractivity contribution in [3.05, 3.63) is 60.0 Å². The van der Waals surface area contributed by atoms with Crippen LogP contribution >= 0.6 is 11.3 Å². The minimum absolute atomic E-state index is 0.0626. The zero-order valence-electron chi connectivity index (χ0n) is 17.6. The van der Waals surface area contributed by atoms with E-state index in [1.54, 1.807) is 49.5 Å². The lowest BCUT2D eigenvalue weighted by atomic mass is 10.1. The van der Waals surface area contributed by atoms with Crippen LogP contribution in [0.15, 0.2) is 52.9 Å². The number of benzene rings is 2. The van der Waals surface area contributed by atoms with Gasteiger partial charge in [-0.2, -0.15) is 0 Å². The number of sulfonamides is 1. The first-order chi connectivity index (χ1) is 15.8. The summed E-state index contributed by atoms with van der Waals surface area (Å²) in [5.74, 6) is -1.72. The van der Waals surface area contributed by atoms with Crippen molar-refractivity contribution in [1.29, 1.82) is 0 Å². The number of carbonyl (C=O) groups is 1. The van der Waals surface area contributed by atoms with Crippen LogP contribution in [0.2, 0.25) is 0 Å². The van der Waals surface area contributed by atoms with E-state index in [4.69, 9.17) is 0 Å². The van der Waals surface area contributed by atoms with Gasteiger partial charge in [-0.05, 0) is 55.3 Å². The maximum atomic E-state index is 14.3. The van der Waals surface area contributed by atoms with Crippen molar-refractivity contribution in [2.24, 2.45) is 5.92 Å². The molecule has 7 nitrogen and oxygen atoms in total. The summed E-state index contributed by atoms with van der Waals surface area (Å²) in [6.45, 7) is 2.56. The number of fused-ring (bicyclic) bond motifs is 2. The number of carboxylic acids is 1. The van der Waals surface area contributed by atoms with Crippen LogP contribution in [0.25, 0.3) is 21.0 Å². The Hall–Kier alpha value is -3.24. The summed E-state index contributed by atoms with van der Waals surface area (Å²) in [5, 5.41) is 10.2. The highest BCUT2D eigenvalue weighted by Crippen LogP contribution is 2.38. The lowest BCUT2D eigenvalue weighted by Gasteiger charge is -2.21. The smallest absolute Gasteiger partial charge is 0.308 e. The molecular weight excluding hydrogens is 465 g/mol. The molecule has 5 rings (SSSR count). The summed E-state index contributed by atoms with van der Waals surface area (Å²) >= 11 is 1.03. The van der Waals surface area contributed by atoms with E-state index in [1.807, 2.05) is 4.90 Å². The molecule has 1 atom stereocenters. The first-order valence-electron chi connectivity index (χ1n) is 10.3. The van der Waals surface area contributed by atoms with Gasteiger partial charge in [0.2, 0.25) is 0 Å². The summed E-state index contributed by atoms with van der Waals surface area (Å²) in [6, 6.07) is 11.5. The van der Waals surface area contributed by atoms with Crippen LogP contribution in [-0.2, 0) is 14.8 Å². The van der Waals surface area contributed by atoms with E-state index in [2.05, 4.69) is 9.71 Å². The molecule has 2 N–H and O–H groups in total. The molecule has 170 valence electrons. The van der Waals surface area contributed by atoms with Crippen molar-refractivity contribution < 1.29 is 22.7 Å². The molecule has 0 saturated carbocycles. The number of rotatable bonds is 5. The lowest BCUT2D eigenvalue weighted by Crippen LogP contribution is -2.23. The topological polar surface area (TPSA) is 99.6 Å². The average Bonchev–Trinajstić information content (AvgIpc) is 3.40. The van der Waals surface area contributed by atoms with Gasteiger partial charge in [-0.1, -0.05) is 6.07 Å². The molecule has 1 fully saturated rings. The van der Waals surface area contributed by atoms with Crippen LogP contribution in [0.4, 0.5) is 15.8 Å². The minimum atomic E-state index is -3.98. The highest BCUT2D eigenvalue weighted by Gasteiger charge is 2.30. The number of aryl methyl sites for hydroxylation is 1. The van der Waals surface area contributed by atoms with Crippen LogP contribution in [-0.4, -0.2) is 37.6 Å². The van der Waals surface area contributed by atoms with Gasteiger partial charge in [0.25, 0.3) is 10.0 Å². The number of halogens is 1. The number of nitrogens with zero attached hydrogens (tertiary/aromatic N) is 2. The molecule has 10 heteroatoms. The number of aliphatic carboxylic acids is 1. The highest BCUT2D eigenvalue weighted by molar-refractivity contribution is 7.95. The summed E-state index contributed by atoms with van der Waals surface area (Å²) in [6.07, 6.45) is 2.16. The highest BCUT2D eigenvalue weighted by atomic mass is 32.2. The monoisotopic (exact) mass is 485 g/mol. The van der Waals surface area contributed by atoms with E-state index in [0.717, 1.165) is 17.0 Å². The molecule has 0 bridgehead atoms. The first-order valence-corrected chi connectivity index (χ1v) is 12.6. The van der Waals surface area contributed by atoms with Gasteiger partial charge >= 0.3 is 5.97 Å². The van der Waals surface area contributed by atoms with Crippen molar-refractivity contribution >= 4 is 59.7 Å². The number of hydrogen-bond acceptors (Lipinski definition) is 6. The fourth-order valence-electron chi connectivity index (χ4n) is 4.36. The second kappa shape index (κ2) is 7.96. The Balaban J connectivity index is 1.55. The minimum Gasteiger partial charge on any atom is -0.481 e. The van der Waals surface area contributed by atoms with Crippen molar-refractivity contribution in [2.75, 3.05) is 22.7 Å². The summed E-state index contributed by atoms with van der Waals surface area (Å²) in [4.78, 5) is 17.8. The van der Waals surface area contributed by atoms with Crippen LogP contribution in [0.5, 0.6) is 0 Å². The lowest BCUT2D eigenvalue weighted by molar-refractivity contribution is -0.140. The number of hydrogen-bond donors (Lipinski definition) is 2. The molecule has 2 aromatic heterocycles. The van der Waals surface area contributed by atoms with Crippen molar-refractivity contribution in [3.63, 3.8) is 0 Å². The molecule has 0 radical (unpaired) electrons. The van der Waals surface area contributed by atoms with Crippen LogP contribution in [0.3, 0.4) is 0 Å². The maximum Gasteiger partial charge on any atom is 0.308 e. The molecule has 1 aliphatic rings. The zero-order valence-corrected chi connectivity index (χ0v) is 19.2. The van der Waals surface area contributed by atoms with Gasteiger partial charge in [0.1, 0.15) is 10.0 Å². The number of carboxylic acid groups (broad SMARTS) is 1. The summed E-state index contributed by atoms with van der Waals surface area (Å²) < 4.78 is 44.1. The van der Waals surface area contributed by atoms with Gasteiger partial charge in [0.05, 0.1) is 22.8 Å². The molecule has 1 aliphatic heterocycles. The summed E-state index contributed by atoms with van der Waals surface area (Å²) in [5.41, 5.74) is 2.07. The van der Waals surface area contributed by atoms with Gasteiger partial charge < -0.3 is 10.0 Å². The zero-order chi connectivity index (χ0) is 23.3. The Morgan fingerprint density at radius 2 is 2.06 bits per heavy atom. The van der Waals surface area contributed by atoms with Crippen molar-refractivity contribution in [2.45, 2.75) is 17.6 Å². The van der Waals surface area contributed by atoms with Crippen molar-refractivity contribution in [3.8, 4) is 0 Å². The molecule has 33 heavy (non-hydrogen) atoms. The predicted molar refractivity (Wildman–Crippen MR) is 127 cm³/mol. The van der Waals surface area contributed by atoms with Gasteiger partial charge in [-0.15, -0.1) is 11.3 Å². The molecule has 3 heterocycles. The molecule has 0 unspecified atom stereocenters. The number of thiophene rings is 1. The van der Waals surface area contributed by atoms with Gasteiger partial charge in [0, 0.05) is 34.8 Å². The fraction of sp³-hybridized carbons (Fsp3) is 0.217. The van der Waals surface area contributed by atoms with Crippen LogP contribution in [0, 0.1) is 18.7 Å². The standard InChI is InChI=1S/C23H20FN3O4S2/c1-13-20-16(24)5-2-6-19(20)32-23(13)33(30,31)26-17-7-8-18(21-15(17)4-3-10-25-21)27-11-9-14(12-27)22(28)29/h2-8,10,14,26H,9,11-12H2,1H3,(H,28,29)/t14-/m1/s1. The van der Waals surface area contributed by atoms with Gasteiger partial charge in [0.15, 0.2) is 0 Å². The molecule has 1 saturated heterocycles. The molecular formula is C23H20FN3O4S2. The van der Waals surface area contributed by atoms with E-state index < -0.39 is 27.7 Å². The third kappa shape index (κ3) is 3.68.